The van der Waals surface area contributed by atoms with Crippen LogP contribution in [0.25, 0.3) is 0 Å². The number of carbonyl (C=O) groups excluding carboxylic acids is 2. The number of hydrogen-bond donors (Lipinski definition) is 3. The van der Waals surface area contributed by atoms with Gasteiger partial charge in [0.25, 0.3) is 5.91 Å². The Morgan fingerprint density at radius 2 is 1.97 bits per heavy atom. The van der Waals surface area contributed by atoms with Crippen LogP contribution < -0.4 is 15.4 Å². The van der Waals surface area contributed by atoms with Crippen LogP contribution >= 0.6 is 23.4 Å². The van der Waals surface area contributed by atoms with Gasteiger partial charge in [0, 0.05) is 23.3 Å². The molecule has 32 heavy (non-hydrogen) atoms. The van der Waals surface area contributed by atoms with Gasteiger partial charge in [-0.1, -0.05) is 29.4 Å². The van der Waals surface area contributed by atoms with Gasteiger partial charge < -0.3 is 25.0 Å². The number of nitrogens with one attached hydrogen (secondary N) is 2. The number of aliphatic hydroxyl groups excluding tert-OH is 1. The predicted octanol–water partition coefficient (Wildman–Crippen LogP) is 2.67. The second-order valence-corrected chi connectivity index (χ2v) is 8.06. The maximum Gasteiger partial charge on any atom is 0.251 e. The summed E-state index contributed by atoms with van der Waals surface area (Å²) < 4.78 is 6.72. The van der Waals surface area contributed by atoms with Gasteiger partial charge in [0.05, 0.1) is 19.5 Å². The quantitative estimate of drug-likeness (QED) is 0.407. The number of anilines is 1. The summed E-state index contributed by atoms with van der Waals surface area (Å²) in [6, 6.07) is 12.7. The van der Waals surface area contributed by atoms with E-state index in [9.17, 15) is 14.7 Å². The Balaban J connectivity index is 1.61. The molecule has 0 unspecified atom stereocenters. The van der Waals surface area contributed by atoms with Crippen molar-refractivity contribution >= 4 is 40.9 Å². The highest BCUT2D eigenvalue weighted by molar-refractivity contribution is 7.99. The summed E-state index contributed by atoms with van der Waals surface area (Å²) in [7, 11) is 3.25. The summed E-state index contributed by atoms with van der Waals surface area (Å²) in [5, 5.41) is 24.5. The zero-order valence-corrected chi connectivity index (χ0v) is 19.0. The van der Waals surface area contributed by atoms with Crippen LogP contribution in [0.3, 0.4) is 0 Å². The van der Waals surface area contributed by atoms with E-state index in [4.69, 9.17) is 16.3 Å². The number of aromatic nitrogens is 3. The van der Waals surface area contributed by atoms with Crippen LogP contribution in [-0.2, 0) is 11.8 Å². The van der Waals surface area contributed by atoms with Gasteiger partial charge in [-0.05, 0) is 42.5 Å². The number of rotatable bonds is 9. The maximum absolute atomic E-state index is 12.5. The molecule has 0 aliphatic carbocycles. The Morgan fingerprint density at radius 3 is 2.62 bits per heavy atom. The van der Waals surface area contributed by atoms with Crippen molar-refractivity contribution in [3.8, 4) is 5.75 Å². The van der Waals surface area contributed by atoms with E-state index in [1.54, 1.807) is 67.3 Å². The lowest BCUT2D eigenvalue weighted by atomic mass is 10.2. The van der Waals surface area contributed by atoms with Crippen LogP contribution in [0.15, 0.2) is 53.7 Å². The molecule has 3 rings (SSSR count). The van der Waals surface area contributed by atoms with Gasteiger partial charge in [-0.25, -0.2) is 0 Å². The molecule has 0 aliphatic heterocycles. The third kappa shape index (κ3) is 6.00. The molecule has 1 heterocycles. The first-order valence-corrected chi connectivity index (χ1v) is 10.9. The second-order valence-electron chi connectivity index (χ2n) is 6.68. The molecule has 0 saturated carbocycles. The number of thioether (sulfide) groups is 1. The molecule has 11 heteroatoms. The van der Waals surface area contributed by atoms with Gasteiger partial charge in [0.2, 0.25) is 5.91 Å². The molecule has 2 aromatic carbocycles. The number of methoxy groups -OCH3 is 1. The van der Waals surface area contributed by atoms with Gasteiger partial charge in [-0.15, -0.1) is 10.2 Å². The third-order valence-electron chi connectivity index (χ3n) is 4.46. The van der Waals surface area contributed by atoms with E-state index in [2.05, 4.69) is 20.8 Å². The largest absolute Gasteiger partial charge is 0.497 e. The molecule has 0 radical (unpaired) electrons. The zero-order valence-electron chi connectivity index (χ0n) is 17.4. The SMILES string of the molecule is COc1ccc(C(=O)N[C@H](CO)c2nnc(SCC(=O)Nc3cccc(Cl)c3)n2C)cc1. The van der Waals surface area contributed by atoms with Crippen molar-refractivity contribution in [2.75, 3.05) is 24.8 Å². The van der Waals surface area contributed by atoms with E-state index in [0.29, 0.717) is 33.0 Å². The van der Waals surface area contributed by atoms with Crippen LogP contribution in [0.2, 0.25) is 5.02 Å². The predicted molar refractivity (Wildman–Crippen MR) is 122 cm³/mol. The molecule has 0 spiro atoms. The second kappa shape index (κ2) is 11.0. The molecule has 3 aromatic rings. The van der Waals surface area contributed by atoms with Crippen molar-refractivity contribution in [1.82, 2.24) is 20.1 Å². The van der Waals surface area contributed by atoms with Gasteiger partial charge in [0.15, 0.2) is 11.0 Å². The van der Waals surface area contributed by atoms with E-state index in [1.807, 2.05) is 0 Å². The molecular formula is C21H22ClN5O4S. The molecule has 9 nitrogen and oxygen atoms in total. The number of carbonyl (C=O) groups is 2. The number of hydrogen-bond acceptors (Lipinski definition) is 7. The fraction of sp³-hybridized carbons (Fsp3) is 0.238. The van der Waals surface area contributed by atoms with Crippen molar-refractivity contribution in [2.45, 2.75) is 11.2 Å². The molecule has 0 bridgehead atoms. The Hall–Kier alpha value is -3.08. The van der Waals surface area contributed by atoms with E-state index < -0.39 is 6.04 Å². The molecule has 1 atom stereocenters. The highest BCUT2D eigenvalue weighted by Crippen LogP contribution is 2.21. The van der Waals surface area contributed by atoms with E-state index in [1.165, 1.54) is 11.8 Å². The van der Waals surface area contributed by atoms with Crippen LogP contribution in [0.4, 0.5) is 5.69 Å². The van der Waals surface area contributed by atoms with Crippen LogP contribution in [0.1, 0.15) is 22.2 Å². The average molecular weight is 476 g/mol. The number of benzene rings is 2. The zero-order chi connectivity index (χ0) is 23.1. The summed E-state index contributed by atoms with van der Waals surface area (Å²) in [5.74, 6) is 0.500. The summed E-state index contributed by atoms with van der Waals surface area (Å²) >= 11 is 7.11. The molecular weight excluding hydrogens is 454 g/mol. The molecule has 168 valence electrons. The Kier molecular flexibility index (Phi) is 8.09. The number of halogens is 1. The number of aliphatic hydroxyl groups is 1. The molecule has 2 amide bonds. The smallest absolute Gasteiger partial charge is 0.251 e. The van der Waals surface area contributed by atoms with Crippen LogP contribution in [0.5, 0.6) is 5.75 Å². The fourth-order valence-electron chi connectivity index (χ4n) is 2.82. The summed E-state index contributed by atoms with van der Waals surface area (Å²) in [6.45, 7) is -0.367. The normalized spacial score (nSPS) is 11.6. The molecule has 1 aromatic heterocycles. The minimum Gasteiger partial charge on any atom is -0.497 e. The fourth-order valence-corrected chi connectivity index (χ4v) is 3.73. The van der Waals surface area contributed by atoms with Crippen molar-refractivity contribution in [2.24, 2.45) is 7.05 Å². The Morgan fingerprint density at radius 1 is 1.22 bits per heavy atom. The lowest BCUT2D eigenvalue weighted by Gasteiger charge is -2.16. The average Bonchev–Trinajstić information content (AvgIpc) is 3.16. The first-order chi connectivity index (χ1) is 15.4. The highest BCUT2D eigenvalue weighted by atomic mass is 35.5. The van der Waals surface area contributed by atoms with Gasteiger partial charge in [0.1, 0.15) is 11.8 Å². The third-order valence-corrected chi connectivity index (χ3v) is 5.72. The standard InChI is InChI=1S/C21H22ClN5O4S/c1-27-19(17(11-28)24-20(30)13-6-8-16(31-2)9-7-13)25-26-21(27)32-12-18(29)23-15-5-3-4-14(22)10-15/h3-10,17,28H,11-12H2,1-2H3,(H,23,29)(H,24,30)/t17-/m1/s1. The number of amides is 2. The number of ether oxygens (including phenoxy) is 1. The minimum absolute atomic E-state index is 0.0977. The van der Waals surface area contributed by atoms with Crippen molar-refractivity contribution in [1.29, 1.82) is 0 Å². The summed E-state index contributed by atoms with van der Waals surface area (Å²) in [5.41, 5.74) is 1.02. The summed E-state index contributed by atoms with van der Waals surface area (Å²) in [6.07, 6.45) is 0. The first kappa shape index (κ1) is 23.6. The Bertz CT molecular complexity index is 1090. The van der Waals surface area contributed by atoms with E-state index >= 15 is 0 Å². The van der Waals surface area contributed by atoms with E-state index in [-0.39, 0.29) is 24.2 Å². The van der Waals surface area contributed by atoms with Gasteiger partial charge >= 0.3 is 0 Å². The Labute approximate surface area is 194 Å². The minimum atomic E-state index is -0.767. The lowest BCUT2D eigenvalue weighted by molar-refractivity contribution is -0.113. The number of nitrogens with zero attached hydrogens (tertiary/aromatic N) is 3. The van der Waals surface area contributed by atoms with Crippen molar-refractivity contribution in [3.05, 3.63) is 64.9 Å². The molecule has 0 fully saturated rings. The molecule has 0 saturated heterocycles. The van der Waals surface area contributed by atoms with Crippen molar-refractivity contribution < 1.29 is 19.4 Å². The summed E-state index contributed by atoms with van der Waals surface area (Å²) in [4.78, 5) is 24.7. The first-order valence-electron chi connectivity index (χ1n) is 9.54. The van der Waals surface area contributed by atoms with Crippen LogP contribution in [0, 0.1) is 0 Å². The van der Waals surface area contributed by atoms with Gasteiger partial charge in [-0.3, -0.25) is 9.59 Å². The maximum atomic E-state index is 12.5. The molecule has 0 aliphatic rings. The molecule has 3 N–H and O–H groups in total. The van der Waals surface area contributed by atoms with Crippen LogP contribution in [-0.4, -0.2) is 51.2 Å². The highest BCUT2D eigenvalue weighted by Gasteiger charge is 2.22. The lowest BCUT2D eigenvalue weighted by Crippen LogP contribution is -2.32. The van der Waals surface area contributed by atoms with Crippen molar-refractivity contribution in [3.63, 3.8) is 0 Å². The van der Waals surface area contributed by atoms with E-state index in [0.717, 1.165) is 0 Å². The monoisotopic (exact) mass is 475 g/mol. The topological polar surface area (TPSA) is 118 Å². The van der Waals surface area contributed by atoms with Gasteiger partial charge in [-0.2, -0.15) is 0 Å².